The molecule has 3 aliphatic rings. The maximum absolute atomic E-state index is 6.13. The molecule has 3 saturated heterocycles. The molecule has 1 aromatic rings. The monoisotopic (exact) mass is 318 g/mol. The van der Waals surface area contributed by atoms with E-state index in [4.69, 9.17) is 14.2 Å². The summed E-state index contributed by atoms with van der Waals surface area (Å²) in [5.41, 5.74) is 0.0277. The van der Waals surface area contributed by atoms with Crippen LogP contribution in [-0.4, -0.2) is 61.5 Å². The normalized spacial score (nSPS) is 27.9. The zero-order valence-corrected chi connectivity index (χ0v) is 13.7. The minimum atomic E-state index is 0.0277. The number of aromatic nitrogens is 1. The number of hydrogen-bond acceptors (Lipinski definition) is 5. The summed E-state index contributed by atoms with van der Waals surface area (Å²) in [4.78, 5) is 6.79. The molecule has 1 unspecified atom stereocenters. The van der Waals surface area contributed by atoms with Crippen LogP contribution < -0.4 is 4.74 Å². The summed E-state index contributed by atoms with van der Waals surface area (Å²) in [6.07, 6.45) is 5.28. The van der Waals surface area contributed by atoms with Crippen LogP contribution in [0.15, 0.2) is 24.4 Å². The van der Waals surface area contributed by atoms with Gasteiger partial charge in [0.1, 0.15) is 0 Å². The maximum Gasteiger partial charge on any atom is 0.213 e. The molecule has 4 rings (SSSR count). The number of pyridine rings is 1. The first-order chi connectivity index (χ1) is 11.3. The van der Waals surface area contributed by atoms with Gasteiger partial charge in [-0.15, -0.1) is 0 Å². The van der Waals surface area contributed by atoms with Crippen molar-refractivity contribution in [3.05, 3.63) is 24.4 Å². The quantitative estimate of drug-likeness (QED) is 0.830. The molecule has 0 radical (unpaired) electrons. The molecule has 0 aliphatic carbocycles. The van der Waals surface area contributed by atoms with Crippen molar-refractivity contribution >= 4 is 0 Å². The van der Waals surface area contributed by atoms with Crippen molar-refractivity contribution in [2.24, 2.45) is 11.8 Å². The summed E-state index contributed by atoms with van der Waals surface area (Å²) >= 11 is 0. The molecule has 1 atom stereocenters. The van der Waals surface area contributed by atoms with Crippen molar-refractivity contribution in [3.63, 3.8) is 0 Å². The van der Waals surface area contributed by atoms with Gasteiger partial charge in [-0.25, -0.2) is 4.98 Å². The van der Waals surface area contributed by atoms with E-state index >= 15 is 0 Å². The Morgan fingerprint density at radius 1 is 1.17 bits per heavy atom. The largest absolute Gasteiger partial charge is 0.477 e. The highest BCUT2D eigenvalue weighted by molar-refractivity contribution is 5.10. The zero-order chi connectivity index (χ0) is 15.5. The molecule has 0 aromatic carbocycles. The minimum Gasteiger partial charge on any atom is -0.477 e. The third-order valence-corrected chi connectivity index (χ3v) is 5.51. The molecule has 0 saturated carbocycles. The van der Waals surface area contributed by atoms with Crippen LogP contribution in [0.3, 0.4) is 0 Å². The molecule has 3 fully saturated rings. The van der Waals surface area contributed by atoms with Crippen molar-refractivity contribution < 1.29 is 14.2 Å². The number of rotatable bonds is 5. The summed E-state index contributed by atoms with van der Waals surface area (Å²) in [5, 5.41) is 0. The highest BCUT2D eigenvalue weighted by Gasteiger charge is 2.53. The molecular formula is C18H26N2O3. The second-order valence-corrected chi connectivity index (χ2v) is 7.10. The van der Waals surface area contributed by atoms with E-state index in [1.54, 1.807) is 6.20 Å². The molecule has 1 spiro atoms. The molecule has 5 nitrogen and oxygen atoms in total. The van der Waals surface area contributed by atoms with Gasteiger partial charge in [-0.2, -0.15) is 0 Å². The van der Waals surface area contributed by atoms with Gasteiger partial charge in [0.2, 0.25) is 5.88 Å². The topological polar surface area (TPSA) is 43.8 Å². The molecule has 5 heteroatoms. The number of hydrogen-bond donors (Lipinski definition) is 0. The molecular weight excluding hydrogens is 292 g/mol. The van der Waals surface area contributed by atoms with Gasteiger partial charge in [-0.3, -0.25) is 4.90 Å². The van der Waals surface area contributed by atoms with Crippen LogP contribution >= 0.6 is 0 Å². The first kappa shape index (κ1) is 15.4. The van der Waals surface area contributed by atoms with E-state index in [2.05, 4.69) is 9.88 Å². The van der Waals surface area contributed by atoms with E-state index in [0.29, 0.717) is 18.4 Å². The third-order valence-electron chi connectivity index (χ3n) is 5.51. The van der Waals surface area contributed by atoms with E-state index < -0.39 is 0 Å². The first-order valence-corrected chi connectivity index (χ1v) is 8.82. The van der Waals surface area contributed by atoms with Gasteiger partial charge < -0.3 is 14.2 Å². The van der Waals surface area contributed by atoms with Crippen LogP contribution in [0, 0.1) is 11.8 Å². The lowest BCUT2D eigenvalue weighted by Gasteiger charge is -2.51. The maximum atomic E-state index is 6.13. The van der Waals surface area contributed by atoms with E-state index in [1.165, 1.54) is 19.4 Å². The molecule has 0 bridgehead atoms. The van der Waals surface area contributed by atoms with E-state index in [-0.39, 0.29) is 5.60 Å². The Morgan fingerprint density at radius 2 is 2.04 bits per heavy atom. The van der Waals surface area contributed by atoms with Gasteiger partial charge in [-0.05, 0) is 31.2 Å². The van der Waals surface area contributed by atoms with Gasteiger partial charge in [0, 0.05) is 57.6 Å². The van der Waals surface area contributed by atoms with Crippen LogP contribution in [0.1, 0.15) is 19.3 Å². The molecule has 126 valence electrons. The van der Waals surface area contributed by atoms with Gasteiger partial charge >= 0.3 is 0 Å². The van der Waals surface area contributed by atoms with Gasteiger partial charge in [0.15, 0.2) is 0 Å². The lowest BCUT2D eigenvalue weighted by atomic mass is 9.80. The Labute approximate surface area is 137 Å². The summed E-state index contributed by atoms with van der Waals surface area (Å²) in [7, 11) is 0. The van der Waals surface area contributed by atoms with Crippen molar-refractivity contribution in [2.45, 2.75) is 24.9 Å². The van der Waals surface area contributed by atoms with Gasteiger partial charge in [0.05, 0.1) is 12.2 Å². The standard InChI is InChI=1S/C18H26N2O3/c1-2-7-19-17(3-1)22-12-16-6-10-23-18(16)13-20(14-18)11-15-4-8-21-9-5-15/h1-3,7,15-16H,4-6,8-14H2. The van der Waals surface area contributed by atoms with Gasteiger partial charge in [0.25, 0.3) is 0 Å². The van der Waals surface area contributed by atoms with Crippen LogP contribution in [-0.2, 0) is 9.47 Å². The lowest BCUT2D eigenvalue weighted by Crippen LogP contribution is -2.66. The van der Waals surface area contributed by atoms with Crippen molar-refractivity contribution in [3.8, 4) is 5.88 Å². The fourth-order valence-corrected chi connectivity index (χ4v) is 4.12. The van der Waals surface area contributed by atoms with Crippen LogP contribution in [0.4, 0.5) is 0 Å². The smallest absolute Gasteiger partial charge is 0.213 e. The Hall–Kier alpha value is -1.17. The lowest BCUT2D eigenvalue weighted by molar-refractivity contribution is -0.143. The molecule has 3 aliphatic heterocycles. The minimum absolute atomic E-state index is 0.0277. The predicted octanol–water partition coefficient (Wildman–Crippen LogP) is 1.98. The Kier molecular flexibility index (Phi) is 4.51. The summed E-state index contributed by atoms with van der Waals surface area (Å²) in [5.74, 6) is 1.99. The summed E-state index contributed by atoms with van der Waals surface area (Å²) in [6.45, 7) is 6.74. The molecule has 1 aromatic heterocycles. The fourth-order valence-electron chi connectivity index (χ4n) is 4.12. The number of ether oxygens (including phenoxy) is 3. The van der Waals surface area contributed by atoms with Crippen LogP contribution in [0.2, 0.25) is 0 Å². The fraction of sp³-hybridized carbons (Fsp3) is 0.722. The predicted molar refractivity (Wildman–Crippen MR) is 86.5 cm³/mol. The highest BCUT2D eigenvalue weighted by Crippen LogP contribution is 2.40. The van der Waals surface area contributed by atoms with Gasteiger partial charge in [-0.1, -0.05) is 6.07 Å². The third kappa shape index (κ3) is 3.37. The molecule has 4 heterocycles. The average Bonchev–Trinajstić information content (AvgIpc) is 2.98. The van der Waals surface area contributed by atoms with E-state index in [9.17, 15) is 0 Å². The summed E-state index contributed by atoms with van der Waals surface area (Å²) < 4.78 is 17.5. The summed E-state index contributed by atoms with van der Waals surface area (Å²) in [6, 6.07) is 5.79. The van der Waals surface area contributed by atoms with Crippen molar-refractivity contribution in [1.29, 1.82) is 0 Å². The second-order valence-electron chi connectivity index (χ2n) is 7.10. The SMILES string of the molecule is c1ccc(OCC2CCOC23CN(CC2CCOCC2)C3)nc1. The Bertz CT molecular complexity index is 498. The zero-order valence-electron chi connectivity index (χ0n) is 13.7. The first-order valence-electron chi connectivity index (χ1n) is 8.82. The van der Waals surface area contributed by atoms with Crippen LogP contribution in [0.25, 0.3) is 0 Å². The average molecular weight is 318 g/mol. The molecule has 0 N–H and O–H groups in total. The molecule has 23 heavy (non-hydrogen) atoms. The Balaban J connectivity index is 1.27. The number of nitrogens with zero attached hydrogens (tertiary/aromatic N) is 2. The number of likely N-dealkylation sites (tertiary alicyclic amines) is 1. The van der Waals surface area contributed by atoms with E-state index in [0.717, 1.165) is 45.2 Å². The van der Waals surface area contributed by atoms with E-state index in [1.807, 2.05) is 18.2 Å². The van der Waals surface area contributed by atoms with Crippen molar-refractivity contribution in [1.82, 2.24) is 9.88 Å². The molecule has 0 amide bonds. The highest BCUT2D eigenvalue weighted by atomic mass is 16.5. The van der Waals surface area contributed by atoms with Crippen LogP contribution in [0.5, 0.6) is 5.88 Å². The second kappa shape index (κ2) is 6.75. The van der Waals surface area contributed by atoms with Crippen molar-refractivity contribution in [2.75, 3.05) is 46.1 Å². The Morgan fingerprint density at radius 3 is 2.83 bits per heavy atom.